The molecule has 10 nitrogen and oxygen atoms in total. The first kappa shape index (κ1) is 27.7. The molecule has 0 bridgehead atoms. The number of carbonyl (C=O) groups excluding carboxylic acids is 3. The summed E-state index contributed by atoms with van der Waals surface area (Å²) < 4.78 is 6.22. The third-order valence-corrected chi connectivity index (χ3v) is 8.75. The number of hydrogen-bond donors (Lipinski definition) is 2. The smallest absolute Gasteiger partial charge is 0.315 e. The van der Waals surface area contributed by atoms with E-state index in [2.05, 4.69) is 48.2 Å². The van der Waals surface area contributed by atoms with Gasteiger partial charge in [0.05, 0.1) is 23.4 Å². The zero-order valence-corrected chi connectivity index (χ0v) is 24.0. The Balaban J connectivity index is 1.38. The number of nitrogens with zero attached hydrogens (tertiary/aromatic N) is 4. The molecular formula is C29H34N6O4S. The van der Waals surface area contributed by atoms with E-state index in [1.807, 2.05) is 6.07 Å². The van der Waals surface area contributed by atoms with E-state index in [1.54, 1.807) is 16.2 Å². The lowest BCUT2D eigenvalue weighted by atomic mass is 9.89. The number of amides is 3. The first-order valence-electron chi connectivity index (χ1n) is 13.4. The quantitative estimate of drug-likeness (QED) is 0.452. The van der Waals surface area contributed by atoms with Crippen molar-refractivity contribution >= 4 is 50.7 Å². The van der Waals surface area contributed by atoms with Crippen LogP contribution >= 0.6 is 11.3 Å². The monoisotopic (exact) mass is 562 g/mol. The average molecular weight is 563 g/mol. The fourth-order valence-electron chi connectivity index (χ4n) is 5.54. The van der Waals surface area contributed by atoms with Crippen LogP contribution in [-0.4, -0.2) is 71.3 Å². The second-order valence-corrected chi connectivity index (χ2v) is 11.8. The zero-order valence-electron chi connectivity index (χ0n) is 23.2. The molecule has 210 valence electrons. The number of likely N-dealkylation sites (tertiary alicyclic amines) is 1. The highest BCUT2D eigenvalue weighted by molar-refractivity contribution is 7.19. The lowest BCUT2D eigenvalue weighted by molar-refractivity contribution is -0.146. The highest BCUT2D eigenvalue weighted by atomic mass is 32.1. The number of nitrogens with one attached hydrogen (secondary N) is 1. The molecule has 0 spiro atoms. The van der Waals surface area contributed by atoms with Crippen LogP contribution < -0.4 is 15.8 Å². The molecule has 2 aliphatic heterocycles. The Morgan fingerprint density at radius 1 is 1.15 bits per heavy atom. The van der Waals surface area contributed by atoms with Crippen LogP contribution in [0.25, 0.3) is 15.8 Å². The topological polar surface area (TPSA) is 131 Å². The summed E-state index contributed by atoms with van der Waals surface area (Å²) in [6.45, 7) is 6.70. The number of anilines is 1. The largest absolute Gasteiger partial charge is 0.480 e. The van der Waals surface area contributed by atoms with Crippen LogP contribution in [-0.2, 0) is 9.59 Å². The van der Waals surface area contributed by atoms with Gasteiger partial charge in [0.1, 0.15) is 16.4 Å². The molecular weight excluding hydrogens is 528 g/mol. The van der Waals surface area contributed by atoms with E-state index < -0.39 is 17.7 Å². The maximum Gasteiger partial charge on any atom is 0.315 e. The molecule has 0 unspecified atom stereocenters. The summed E-state index contributed by atoms with van der Waals surface area (Å²) in [6.07, 6.45) is 2.68. The van der Waals surface area contributed by atoms with Crippen molar-refractivity contribution in [3.05, 3.63) is 52.0 Å². The van der Waals surface area contributed by atoms with E-state index >= 15 is 0 Å². The third-order valence-electron chi connectivity index (χ3n) is 7.65. The van der Waals surface area contributed by atoms with Gasteiger partial charge in [-0.15, -0.1) is 11.3 Å². The number of methoxy groups -OCH3 is 1. The molecule has 11 heteroatoms. The van der Waals surface area contributed by atoms with Crippen LogP contribution in [0.3, 0.4) is 0 Å². The van der Waals surface area contributed by atoms with Crippen molar-refractivity contribution in [1.82, 2.24) is 19.8 Å². The second-order valence-electron chi connectivity index (χ2n) is 10.7. The molecule has 1 saturated heterocycles. The Labute approximate surface area is 237 Å². The van der Waals surface area contributed by atoms with Gasteiger partial charge in [-0.1, -0.05) is 18.6 Å². The summed E-state index contributed by atoms with van der Waals surface area (Å²) >= 11 is 1.71. The highest BCUT2D eigenvalue weighted by Crippen LogP contribution is 2.37. The SMILES string of the molecule is COc1nc(NC(=O)C(=O)N2C[C@@H](C)CC[C@@H]2c2ccc3sc(C4=C(C)CN(C)CC4)nc3c2)ccc1C(N)=O. The molecule has 5 rings (SSSR count). The van der Waals surface area contributed by atoms with Crippen LogP contribution in [0.15, 0.2) is 35.9 Å². The lowest BCUT2D eigenvalue weighted by Gasteiger charge is -2.38. The van der Waals surface area contributed by atoms with Crippen molar-refractivity contribution in [3.63, 3.8) is 0 Å². The number of thiazole rings is 1. The standard InChI is InChI=1S/C29H34N6O4S/c1-16-5-8-22(18-6-9-23-21(13-18)31-28(40-23)19-11-12-34(3)15-17(19)2)35(14-16)29(38)26(37)32-24-10-7-20(25(30)36)27(33-24)39-4/h6-7,9-10,13,16,22H,5,8,11-12,14-15H2,1-4H3,(H2,30,36)(H,32,33,37)/t16-,22+/m0/s1. The van der Waals surface area contributed by atoms with Crippen molar-refractivity contribution in [2.45, 2.75) is 39.2 Å². The van der Waals surface area contributed by atoms with E-state index in [1.165, 1.54) is 30.4 Å². The Morgan fingerprint density at radius 3 is 2.67 bits per heavy atom. The number of benzene rings is 1. The van der Waals surface area contributed by atoms with Gasteiger partial charge in [0.25, 0.3) is 5.91 Å². The summed E-state index contributed by atoms with van der Waals surface area (Å²) in [7, 11) is 3.48. The molecule has 2 aliphatic rings. The summed E-state index contributed by atoms with van der Waals surface area (Å²) in [5.41, 5.74) is 9.99. The molecule has 2 atom stereocenters. The molecule has 2 aromatic heterocycles. The number of pyridine rings is 1. The molecule has 0 aliphatic carbocycles. The van der Waals surface area contributed by atoms with E-state index in [-0.39, 0.29) is 29.2 Å². The number of likely N-dealkylation sites (N-methyl/N-ethyl adjacent to an activating group) is 1. The number of nitrogens with two attached hydrogens (primary N) is 1. The van der Waals surface area contributed by atoms with Crippen molar-refractivity contribution < 1.29 is 19.1 Å². The van der Waals surface area contributed by atoms with Crippen LogP contribution in [0.1, 0.15) is 60.1 Å². The van der Waals surface area contributed by atoms with Crippen LogP contribution in [0.2, 0.25) is 0 Å². The minimum atomic E-state index is -0.804. The minimum absolute atomic E-state index is 0.0237. The summed E-state index contributed by atoms with van der Waals surface area (Å²) in [4.78, 5) is 51.2. The van der Waals surface area contributed by atoms with Gasteiger partial charge in [-0.2, -0.15) is 4.98 Å². The van der Waals surface area contributed by atoms with Crippen LogP contribution in [0.5, 0.6) is 5.88 Å². The van der Waals surface area contributed by atoms with Gasteiger partial charge >= 0.3 is 11.8 Å². The first-order chi connectivity index (χ1) is 19.1. The summed E-state index contributed by atoms with van der Waals surface area (Å²) in [6, 6.07) is 8.77. The molecule has 1 aromatic carbocycles. The first-order valence-corrected chi connectivity index (χ1v) is 14.2. The number of aromatic nitrogens is 2. The average Bonchev–Trinajstić information content (AvgIpc) is 3.35. The Kier molecular flexibility index (Phi) is 7.86. The number of carbonyl (C=O) groups is 3. The molecule has 3 N–H and O–H groups in total. The third kappa shape index (κ3) is 5.57. The van der Waals surface area contributed by atoms with E-state index in [0.717, 1.165) is 53.1 Å². The molecule has 40 heavy (non-hydrogen) atoms. The summed E-state index contributed by atoms with van der Waals surface area (Å²) in [5, 5.41) is 3.61. The predicted octanol–water partition coefficient (Wildman–Crippen LogP) is 3.85. The zero-order chi connectivity index (χ0) is 28.6. The van der Waals surface area contributed by atoms with Crippen molar-refractivity contribution in [2.24, 2.45) is 11.7 Å². The number of rotatable bonds is 5. The second kappa shape index (κ2) is 11.3. The Hall–Kier alpha value is -3.83. The fourth-order valence-corrected chi connectivity index (χ4v) is 6.64. The number of hydrogen-bond acceptors (Lipinski definition) is 8. The fraction of sp³-hybridized carbons (Fsp3) is 0.414. The predicted molar refractivity (Wildman–Crippen MR) is 155 cm³/mol. The van der Waals surface area contributed by atoms with Gasteiger partial charge in [0.2, 0.25) is 5.88 Å². The number of primary amides is 1. The van der Waals surface area contributed by atoms with E-state index in [4.69, 9.17) is 15.5 Å². The Morgan fingerprint density at radius 2 is 1.95 bits per heavy atom. The van der Waals surface area contributed by atoms with Gasteiger partial charge in [-0.05, 0) is 74.6 Å². The van der Waals surface area contributed by atoms with E-state index in [9.17, 15) is 14.4 Å². The number of ether oxygens (including phenoxy) is 1. The molecule has 0 saturated carbocycles. The van der Waals surface area contributed by atoms with Crippen molar-refractivity contribution in [1.29, 1.82) is 0 Å². The molecule has 1 fully saturated rings. The van der Waals surface area contributed by atoms with Gasteiger partial charge in [-0.25, -0.2) is 4.98 Å². The molecule has 0 radical (unpaired) electrons. The van der Waals surface area contributed by atoms with Gasteiger partial charge < -0.3 is 25.6 Å². The number of fused-ring (bicyclic) bond motifs is 1. The molecule has 4 heterocycles. The minimum Gasteiger partial charge on any atom is -0.480 e. The molecule has 3 amide bonds. The Bertz CT molecular complexity index is 1520. The van der Waals surface area contributed by atoms with E-state index in [0.29, 0.717) is 6.54 Å². The normalized spacial score (nSPS) is 20.1. The summed E-state index contributed by atoms with van der Waals surface area (Å²) in [5.74, 6) is -1.81. The van der Waals surface area contributed by atoms with Crippen molar-refractivity contribution in [2.75, 3.05) is 39.1 Å². The maximum absolute atomic E-state index is 13.5. The van der Waals surface area contributed by atoms with Gasteiger partial charge in [0, 0.05) is 19.6 Å². The highest BCUT2D eigenvalue weighted by Gasteiger charge is 2.35. The van der Waals surface area contributed by atoms with Gasteiger partial charge in [0.15, 0.2) is 0 Å². The van der Waals surface area contributed by atoms with Crippen LogP contribution in [0, 0.1) is 5.92 Å². The van der Waals surface area contributed by atoms with Crippen molar-refractivity contribution in [3.8, 4) is 5.88 Å². The number of piperidine rings is 1. The molecule has 3 aromatic rings. The van der Waals surface area contributed by atoms with Gasteiger partial charge in [-0.3, -0.25) is 14.4 Å². The maximum atomic E-state index is 13.5. The lowest BCUT2D eigenvalue weighted by Crippen LogP contribution is -2.46. The van der Waals surface area contributed by atoms with Crippen LogP contribution in [0.4, 0.5) is 5.82 Å².